The first-order chi connectivity index (χ1) is 9.20. The Balaban J connectivity index is 0.00000200. The molecule has 0 saturated carbocycles. The SMILES string of the molecule is Cc1cccc(C)c1OCCN1CCOC(CN)C1.Cl. The number of hydrogen-bond acceptors (Lipinski definition) is 4. The molecule has 0 amide bonds. The number of morpholine rings is 1. The summed E-state index contributed by atoms with van der Waals surface area (Å²) in [5, 5.41) is 0. The van der Waals surface area contributed by atoms with E-state index in [2.05, 4.69) is 36.9 Å². The van der Waals surface area contributed by atoms with Crippen LogP contribution in [0.5, 0.6) is 5.75 Å². The highest BCUT2D eigenvalue weighted by molar-refractivity contribution is 5.85. The van der Waals surface area contributed by atoms with Crippen molar-refractivity contribution >= 4 is 12.4 Å². The fourth-order valence-corrected chi connectivity index (χ4v) is 2.43. The number of ether oxygens (including phenoxy) is 2. The molecule has 0 radical (unpaired) electrons. The van der Waals surface area contributed by atoms with Crippen LogP contribution in [-0.4, -0.2) is 50.4 Å². The molecule has 2 N–H and O–H groups in total. The second-order valence-corrected chi connectivity index (χ2v) is 5.10. The van der Waals surface area contributed by atoms with Crippen molar-refractivity contribution in [3.8, 4) is 5.75 Å². The van der Waals surface area contributed by atoms with Crippen LogP contribution in [0, 0.1) is 13.8 Å². The van der Waals surface area contributed by atoms with Gasteiger partial charge in [-0.2, -0.15) is 0 Å². The van der Waals surface area contributed by atoms with Crippen LogP contribution in [0.3, 0.4) is 0 Å². The third kappa shape index (κ3) is 4.63. The molecule has 20 heavy (non-hydrogen) atoms. The van der Waals surface area contributed by atoms with Crippen molar-refractivity contribution in [1.82, 2.24) is 4.90 Å². The zero-order valence-electron chi connectivity index (χ0n) is 12.3. The van der Waals surface area contributed by atoms with Crippen molar-refractivity contribution in [3.05, 3.63) is 29.3 Å². The van der Waals surface area contributed by atoms with E-state index in [0.717, 1.165) is 32.0 Å². The zero-order valence-corrected chi connectivity index (χ0v) is 13.1. The summed E-state index contributed by atoms with van der Waals surface area (Å²) in [5.41, 5.74) is 8.03. The van der Waals surface area contributed by atoms with Gasteiger partial charge in [0.1, 0.15) is 12.4 Å². The molecule has 1 aliphatic heterocycles. The Hall–Kier alpha value is -0.810. The summed E-state index contributed by atoms with van der Waals surface area (Å²) in [7, 11) is 0. The lowest BCUT2D eigenvalue weighted by Gasteiger charge is -2.32. The van der Waals surface area contributed by atoms with E-state index in [9.17, 15) is 0 Å². The lowest BCUT2D eigenvalue weighted by molar-refractivity contribution is -0.0261. The number of aryl methyl sites for hydroxylation is 2. The van der Waals surface area contributed by atoms with Gasteiger partial charge in [-0.05, 0) is 25.0 Å². The Morgan fingerprint density at radius 3 is 2.70 bits per heavy atom. The van der Waals surface area contributed by atoms with Gasteiger partial charge in [0.25, 0.3) is 0 Å². The summed E-state index contributed by atoms with van der Waals surface area (Å²) >= 11 is 0. The highest BCUT2D eigenvalue weighted by Crippen LogP contribution is 2.22. The van der Waals surface area contributed by atoms with E-state index in [1.807, 2.05) is 0 Å². The number of rotatable bonds is 5. The van der Waals surface area contributed by atoms with Crippen molar-refractivity contribution in [1.29, 1.82) is 0 Å². The molecular weight excluding hydrogens is 276 g/mol. The molecule has 0 bridgehead atoms. The Labute approximate surface area is 127 Å². The van der Waals surface area contributed by atoms with Gasteiger partial charge in [-0.1, -0.05) is 18.2 Å². The van der Waals surface area contributed by atoms with E-state index in [1.54, 1.807) is 0 Å². The van der Waals surface area contributed by atoms with Crippen molar-refractivity contribution in [3.63, 3.8) is 0 Å². The number of para-hydroxylation sites is 1. The van der Waals surface area contributed by atoms with E-state index in [0.29, 0.717) is 13.2 Å². The molecule has 1 saturated heterocycles. The van der Waals surface area contributed by atoms with Crippen molar-refractivity contribution in [2.75, 3.05) is 39.4 Å². The summed E-state index contributed by atoms with van der Waals surface area (Å²) in [6, 6.07) is 6.23. The number of halogens is 1. The second kappa shape index (κ2) is 8.47. The monoisotopic (exact) mass is 300 g/mol. The molecule has 1 atom stereocenters. The Morgan fingerprint density at radius 1 is 1.35 bits per heavy atom. The standard InChI is InChI=1S/C15H24N2O2.ClH/c1-12-4-3-5-13(2)15(12)19-9-7-17-6-8-18-14(10-16)11-17;/h3-5,14H,6-11,16H2,1-2H3;1H. The van der Waals surface area contributed by atoms with Gasteiger partial charge < -0.3 is 15.2 Å². The van der Waals surface area contributed by atoms with Crippen molar-refractivity contribution in [2.24, 2.45) is 5.73 Å². The molecule has 1 heterocycles. The molecule has 1 aliphatic rings. The third-order valence-electron chi connectivity index (χ3n) is 3.55. The summed E-state index contributed by atoms with van der Waals surface area (Å²) < 4.78 is 11.5. The predicted octanol–water partition coefficient (Wildman–Crippen LogP) is 1.76. The fraction of sp³-hybridized carbons (Fsp3) is 0.600. The van der Waals surface area contributed by atoms with Gasteiger partial charge in [0, 0.05) is 26.2 Å². The topological polar surface area (TPSA) is 47.7 Å². The fourth-order valence-electron chi connectivity index (χ4n) is 2.43. The summed E-state index contributed by atoms with van der Waals surface area (Å²) in [4.78, 5) is 2.36. The number of nitrogens with two attached hydrogens (primary N) is 1. The van der Waals surface area contributed by atoms with Gasteiger partial charge in [-0.3, -0.25) is 4.90 Å². The molecule has 1 fully saturated rings. The van der Waals surface area contributed by atoms with Crippen LogP contribution in [0.25, 0.3) is 0 Å². The third-order valence-corrected chi connectivity index (χ3v) is 3.55. The molecule has 0 aliphatic carbocycles. The van der Waals surface area contributed by atoms with Crippen LogP contribution in [-0.2, 0) is 4.74 Å². The minimum Gasteiger partial charge on any atom is -0.492 e. The quantitative estimate of drug-likeness (QED) is 0.900. The van der Waals surface area contributed by atoms with Gasteiger partial charge in [-0.25, -0.2) is 0 Å². The molecule has 4 nitrogen and oxygen atoms in total. The Morgan fingerprint density at radius 2 is 2.05 bits per heavy atom. The first-order valence-corrected chi connectivity index (χ1v) is 6.93. The van der Waals surface area contributed by atoms with Crippen LogP contribution >= 0.6 is 12.4 Å². The molecule has 0 spiro atoms. The van der Waals surface area contributed by atoms with Crippen LogP contribution in [0.4, 0.5) is 0 Å². The molecule has 0 aromatic heterocycles. The molecule has 5 heteroatoms. The van der Waals surface area contributed by atoms with Gasteiger partial charge >= 0.3 is 0 Å². The highest BCUT2D eigenvalue weighted by Gasteiger charge is 2.18. The average molecular weight is 301 g/mol. The van der Waals surface area contributed by atoms with E-state index in [-0.39, 0.29) is 18.5 Å². The summed E-state index contributed by atoms with van der Waals surface area (Å²) in [5.74, 6) is 1.02. The van der Waals surface area contributed by atoms with Crippen LogP contribution in [0.15, 0.2) is 18.2 Å². The van der Waals surface area contributed by atoms with Gasteiger partial charge in [0.2, 0.25) is 0 Å². The molecule has 2 rings (SSSR count). The lowest BCUT2D eigenvalue weighted by Crippen LogP contribution is -2.46. The van der Waals surface area contributed by atoms with Gasteiger partial charge in [-0.15, -0.1) is 12.4 Å². The second-order valence-electron chi connectivity index (χ2n) is 5.10. The van der Waals surface area contributed by atoms with Crippen LogP contribution in [0.1, 0.15) is 11.1 Å². The first kappa shape index (κ1) is 17.2. The molecule has 1 aromatic carbocycles. The maximum Gasteiger partial charge on any atom is 0.125 e. The average Bonchev–Trinajstić information content (AvgIpc) is 2.42. The van der Waals surface area contributed by atoms with E-state index >= 15 is 0 Å². The maximum atomic E-state index is 5.93. The minimum absolute atomic E-state index is 0. The smallest absolute Gasteiger partial charge is 0.125 e. The number of nitrogens with zero attached hydrogens (tertiary/aromatic N) is 1. The van der Waals surface area contributed by atoms with Gasteiger partial charge in [0.15, 0.2) is 0 Å². The summed E-state index contributed by atoms with van der Waals surface area (Å²) in [6.07, 6.45) is 0.175. The zero-order chi connectivity index (χ0) is 13.7. The number of benzene rings is 1. The van der Waals surface area contributed by atoms with Crippen LogP contribution < -0.4 is 10.5 Å². The maximum absolute atomic E-state index is 5.93. The summed E-state index contributed by atoms with van der Waals surface area (Å²) in [6.45, 7) is 9.04. The number of hydrogen-bond donors (Lipinski definition) is 1. The lowest BCUT2D eigenvalue weighted by atomic mass is 10.1. The highest BCUT2D eigenvalue weighted by atomic mass is 35.5. The van der Waals surface area contributed by atoms with E-state index in [4.69, 9.17) is 15.2 Å². The molecular formula is C15H25ClN2O2. The van der Waals surface area contributed by atoms with E-state index in [1.165, 1.54) is 11.1 Å². The van der Waals surface area contributed by atoms with Gasteiger partial charge in [0.05, 0.1) is 12.7 Å². The van der Waals surface area contributed by atoms with Crippen LogP contribution in [0.2, 0.25) is 0 Å². The Kier molecular flexibility index (Phi) is 7.30. The van der Waals surface area contributed by atoms with Crippen molar-refractivity contribution in [2.45, 2.75) is 20.0 Å². The van der Waals surface area contributed by atoms with E-state index < -0.39 is 0 Å². The normalized spacial score (nSPS) is 19.4. The molecule has 114 valence electrons. The van der Waals surface area contributed by atoms with Crippen molar-refractivity contribution < 1.29 is 9.47 Å². The minimum atomic E-state index is 0. The molecule has 1 aromatic rings. The predicted molar refractivity (Wildman–Crippen MR) is 83.9 cm³/mol. The largest absolute Gasteiger partial charge is 0.492 e. The Bertz CT molecular complexity index is 395. The molecule has 1 unspecified atom stereocenters. The first-order valence-electron chi connectivity index (χ1n) is 6.93.